The number of hydrogen-bond donors (Lipinski definition) is 3. The van der Waals surface area contributed by atoms with E-state index in [1.54, 1.807) is 24.3 Å². The fourth-order valence-electron chi connectivity index (χ4n) is 1.57. The number of primary amides is 1. The minimum absolute atomic E-state index is 0.0514. The number of carboxylic acids is 1. The van der Waals surface area contributed by atoms with Crippen molar-refractivity contribution in [2.45, 2.75) is 25.7 Å². The summed E-state index contributed by atoms with van der Waals surface area (Å²) in [4.78, 5) is 32.7. The topological polar surface area (TPSA) is 119 Å². The van der Waals surface area contributed by atoms with E-state index >= 15 is 0 Å². The third-order valence-corrected chi connectivity index (χ3v) is 2.56. The van der Waals surface area contributed by atoms with Gasteiger partial charge in [0.1, 0.15) is 5.75 Å². The fraction of sp³-hybridized carbons (Fsp3) is 0.357. The van der Waals surface area contributed by atoms with Crippen molar-refractivity contribution in [3.05, 3.63) is 24.3 Å². The summed E-state index contributed by atoms with van der Waals surface area (Å²) in [5.74, 6) is -1.25. The molecule has 0 bridgehead atoms. The van der Waals surface area contributed by atoms with Gasteiger partial charge < -0.3 is 20.9 Å². The molecule has 114 valence electrons. The first-order valence-electron chi connectivity index (χ1n) is 6.51. The molecule has 0 saturated heterocycles. The Morgan fingerprint density at radius 1 is 1.14 bits per heavy atom. The summed E-state index contributed by atoms with van der Waals surface area (Å²) in [6.07, 6.45) is 0.416. The van der Waals surface area contributed by atoms with Crippen LogP contribution >= 0.6 is 0 Å². The number of hydrogen-bond acceptors (Lipinski definition) is 4. The van der Waals surface area contributed by atoms with E-state index in [0.29, 0.717) is 11.4 Å². The van der Waals surface area contributed by atoms with Crippen molar-refractivity contribution < 1.29 is 24.2 Å². The van der Waals surface area contributed by atoms with E-state index in [4.69, 9.17) is 15.6 Å². The summed E-state index contributed by atoms with van der Waals surface area (Å²) < 4.78 is 5.38. The van der Waals surface area contributed by atoms with Gasteiger partial charge in [-0.2, -0.15) is 0 Å². The summed E-state index contributed by atoms with van der Waals surface area (Å²) in [5, 5.41) is 11.2. The highest BCUT2D eigenvalue weighted by Crippen LogP contribution is 2.24. The second kappa shape index (κ2) is 8.57. The number of carbonyl (C=O) groups excluding carboxylic acids is 2. The number of carbonyl (C=O) groups is 3. The van der Waals surface area contributed by atoms with Gasteiger partial charge in [-0.1, -0.05) is 12.1 Å². The van der Waals surface area contributed by atoms with Gasteiger partial charge in [-0.25, -0.2) is 0 Å². The van der Waals surface area contributed by atoms with Gasteiger partial charge >= 0.3 is 5.97 Å². The first-order valence-corrected chi connectivity index (χ1v) is 6.51. The second-order valence-electron chi connectivity index (χ2n) is 4.36. The van der Waals surface area contributed by atoms with Gasteiger partial charge in [-0.05, 0) is 18.6 Å². The first-order chi connectivity index (χ1) is 9.99. The summed E-state index contributed by atoms with van der Waals surface area (Å²) >= 11 is 0. The third kappa shape index (κ3) is 6.95. The van der Waals surface area contributed by atoms with E-state index < -0.39 is 11.9 Å². The third-order valence-electron chi connectivity index (χ3n) is 2.56. The average Bonchev–Trinajstić information content (AvgIpc) is 2.40. The SMILES string of the molecule is NC(=O)CCOc1ccccc1NC(=O)CCCC(=O)O. The molecule has 0 aliphatic heterocycles. The Hall–Kier alpha value is -2.57. The van der Waals surface area contributed by atoms with Crippen molar-refractivity contribution in [3.63, 3.8) is 0 Å². The Morgan fingerprint density at radius 2 is 1.86 bits per heavy atom. The van der Waals surface area contributed by atoms with Gasteiger partial charge in [0.25, 0.3) is 0 Å². The van der Waals surface area contributed by atoms with Crippen LogP contribution in [0.4, 0.5) is 5.69 Å². The molecule has 4 N–H and O–H groups in total. The molecule has 0 heterocycles. The Morgan fingerprint density at radius 3 is 2.52 bits per heavy atom. The Kier molecular flexibility index (Phi) is 6.73. The van der Waals surface area contributed by atoms with Crippen molar-refractivity contribution in [3.8, 4) is 5.75 Å². The minimum Gasteiger partial charge on any atom is -0.491 e. The minimum atomic E-state index is -0.932. The smallest absolute Gasteiger partial charge is 0.303 e. The maximum Gasteiger partial charge on any atom is 0.303 e. The van der Waals surface area contributed by atoms with Gasteiger partial charge in [0.2, 0.25) is 11.8 Å². The van der Waals surface area contributed by atoms with Crippen LogP contribution in [0.15, 0.2) is 24.3 Å². The van der Waals surface area contributed by atoms with Crippen molar-refractivity contribution in [2.24, 2.45) is 5.73 Å². The number of amides is 2. The van der Waals surface area contributed by atoms with E-state index in [1.807, 2.05) is 0 Å². The predicted octanol–water partition coefficient (Wildman–Crippen LogP) is 1.13. The molecule has 0 spiro atoms. The number of ether oxygens (including phenoxy) is 1. The molecule has 0 radical (unpaired) electrons. The molecule has 0 aliphatic carbocycles. The maximum atomic E-state index is 11.7. The summed E-state index contributed by atoms with van der Waals surface area (Å²) in [6, 6.07) is 6.79. The van der Waals surface area contributed by atoms with Gasteiger partial charge in [-0.15, -0.1) is 0 Å². The predicted molar refractivity (Wildman–Crippen MR) is 75.9 cm³/mol. The largest absolute Gasteiger partial charge is 0.491 e. The van der Waals surface area contributed by atoms with E-state index in [2.05, 4.69) is 5.32 Å². The molecule has 1 aromatic rings. The lowest BCUT2D eigenvalue weighted by Gasteiger charge is -2.11. The number of benzene rings is 1. The monoisotopic (exact) mass is 294 g/mol. The Bertz CT molecular complexity index is 516. The maximum absolute atomic E-state index is 11.7. The van der Waals surface area contributed by atoms with Gasteiger partial charge in [-0.3, -0.25) is 14.4 Å². The van der Waals surface area contributed by atoms with Crippen LogP contribution in [0.1, 0.15) is 25.7 Å². The lowest BCUT2D eigenvalue weighted by molar-refractivity contribution is -0.137. The summed E-state index contributed by atoms with van der Waals surface area (Å²) in [7, 11) is 0. The molecule has 0 aromatic heterocycles. The molecule has 1 aromatic carbocycles. The van der Waals surface area contributed by atoms with Crippen LogP contribution in [0, 0.1) is 0 Å². The molecule has 0 aliphatic rings. The highest BCUT2D eigenvalue weighted by molar-refractivity contribution is 5.92. The van der Waals surface area contributed by atoms with Crippen molar-refractivity contribution in [2.75, 3.05) is 11.9 Å². The standard InChI is InChI=1S/C14H18N2O5/c15-12(17)8-9-21-11-5-2-1-4-10(11)16-13(18)6-3-7-14(19)20/h1-2,4-5H,3,6-9H2,(H2,15,17)(H,16,18)(H,19,20). The van der Waals surface area contributed by atoms with Crippen LogP contribution in [0.5, 0.6) is 5.75 Å². The molecular formula is C14H18N2O5. The van der Waals surface area contributed by atoms with Crippen molar-refractivity contribution in [1.82, 2.24) is 0 Å². The van der Waals surface area contributed by atoms with Gasteiger partial charge in [0.15, 0.2) is 0 Å². The molecule has 1 rings (SSSR count). The average molecular weight is 294 g/mol. The van der Waals surface area contributed by atoms with Crippen LogP contribution in [0.3, 0.4) is 0 Å². The van der Waals surface area contributed by atoms with E-state index in [9.17, 15) is 14.4 Å². The van der Waals surface area contributed by atoms with E-state index in [0.717, 1.165) is 0 Å². The first kappa shape index (κ1) is 16.5. The number of anilines is 1. The number of para-hydroxylation sites is 2. The van der Waals surface area contributed by atoms with Gasteiger partial charge in [0.05, 0.1) is 18.7 Å². The number of rotatable bonds is 9. The van der Waals surface area contributed by atoms with Crippen molar-refractivity contribution in [1.29, 1.82) is 0 Å². The van der Waals surface area contributed by atoms with Gasteiger partial charge in [0, 0.05) is 12.8 Å². The molecule has 0 unspecified atom stereocenters. The lowest BCUT2D eigenvalue weighted by atomic mass is 10.2. The molecule has 0 fully saturated rings. The van der Waals surface area contributed by atoms with Crippen LogP contribution in [0.2, 0.25) is 0 Å². The molecule has 0 atom stereocenters. The van der Waals surface area contributed by atoms with Crippen LogP contribution < -0.4 is 15.8 Å². The molecular weight excluding hydrogens is 276 g/mol. The number of nitrogens with one attached hydrogen (secondary N) is 1. The molecule has 2 amide bonds. The lowest BCUT2D eigenvalue weighted by Crippen LogP contribution is -2.16. The zero-order valence-electron chi connectivity index (χ0n) is 11.5. The Labute approximate surface area is 122 Å². The summed E-state index contributed by atoms with van der Waals surface area (Å²) in [5.41, 5.74) is 5.49. The molecule has 7 heteroatoms. The number of nitrogens with two attached hydrogens (primary N) is 1. The highest BCUT2D eigenvalue weighted by Gasteiger charge is 2.08. The number of aliphatic carboxylic acids is 1. The zero-order chi connectivity index (χ0) is 15.7. The van der Waals surface area contributed by atoms with Crippen LogP contribution in [0.25, 0.3) is 0 Å². The number of carboxylic acid groups (broad SMARTS) is 1. The molecule has 21 heavy (non-hydrogen) atoms. The fourth-order valence-corrected chi connectivity index (χ4v) is 1.57. The van der Waals surface area contributed by atoms with Crippen molar-refractivity contribution >= 4 is 23.5 Å². The quantitative estimate of drug-likeness (QED) is 0.631. The second-order valence-corrected chi connectivity index (χ2v) is 4.36. The van der Waals surface area contributed by atoms with E-state index in [-0.39, 0.29) is 38.2 Å². The highest BCUT2D eigenvalue weighted by atomic mass is 16.5. The zero-order valence-corrected chi connectivity index (χ0v) is 11.5. The molecule has 7 nitrogen and oxygen atoms in total. The summed E-state index contributed by atoms with van der Waals surface area (Å²) in [6.45, 7) is 0.126. The normalized spacial score (nSPS) is 9.90. The van der Waals surface area contributed by atoms with Crippen LogP contribution in [-0.4, -0.2) is 29.5 Å². The Balaban J connectivity index is 2.51. The molecule has 0 saturated carbocycles. The van der Waals surface area contributed by atoms with E-state index in [1.165, 1.54) is 0 Å². The van der Waals surface area contributed by atoms with Crippen LogP contribution in [-0.2, 0) is 14.4 Å².